The van der Waals surface area contributed by atoms with E-state index in [0.717, 1.165) is 45.2 Å². The Morgan fingerprint density at radius 2 is 1.82 bits per heavy atom. The third kappa shape index (κ3) is 5.96. The predicted molar refractivity (Wildman–Crippen MR) is 138 cm³/mol. The van der Waals surface area contributed by atoms with Crippen LogP contribution < -0.4 is 5.73 Å². The van der Waals surface area contributed by atoms with Gasteiger partial charge < -0.3 is 15.5 Å². The molecule has 2 aromatic heterocycles. The second-order valence-corrected chi connectivity index (χ2v) is 7.99. The number of nitrogens with one attached hydrogen (secondary N) is 1. The number of nitrogens with zero attached hydrogens (tertiary/aromatic N) is 3. The van der Waals surface area contributed by atoms with Gasteiger partial charge in [0.05, 0.1) is 23.1 Å². The number of nitrogens with two attached hydrogens (primary N) is 1. The number of amides is 1. The maximum atomic E-state index is 13.3. The number of imidazole rings is 1. The number of benzene rings is 2. The number of hydrogen-bond donors (Lipinski definition) is 2. The summed E-state index contributed by atoms with van der Waals surface area (Å²) in [7, 11) is 0. The smallest absolute Gasteiger partial charge is 0.249 e. The lowest BCUT2D eigenvalue weighted by molar-refractivity contribution is -0.117. The highest BCUT2D eigenvalue weighted by Crippen LogP contribution is 2.31. The fourth-order valence-electron chi connectivity index (χ4n) is 3.60. The van der Waals surface area contributed by atoms with Crippen LogP contribution in [0.2, 0.25) is 0 Å². The van der Waals surface area contributed by atoms with Crippen molar-refractivity contribution in [1.82, 2.24) is 9.38 Å². The molecule has 2 heterocycles. The Labute approximate surface area is 202 Å². The molecule has 0 bridgehead atoms. The number of hydrogen-bond acceptors (Lipinski definition) is 4. The van der Waals surface area contributed by atoms with E-state index in [1.54, 1.807) is 18.5 Å². The molecule has 0 aliphatic heterocycles. The highest BCUT2D eigenvalue weighted by molar-refractivity contribution is 8.24. The summed E-state index contributed by atoms with van der Waals surface area (Å²) in [5.41, 5.74) is 11.1. The van der Waals surface area contributed by atoms with Crippen molar-refractivity contribution >= 4 is 33.9 Å². The number of thioether (sulfide) groups is 1. The first-order valence-corrected chi connectivity index (χ1v) is 11.7. The minimum Gasteiger partial charge on any atom is -0.378 e. The molecular formula is C26H26FN5OS. The Kier molecular flexibility index (Phi) is 8.70. The number of fused-ring (bicyclic) bond motifs is 1. The van der Waals surface area contributed by atoms with Crippen LogP contribution in [-0.2, 0) is 4.79 Å². The lowest BCUT2D eigenvalue weighted by Gasteiger charge is -2.17. The summed E-state index contributed by atoms with van der Waals surface area (Å²) in [5.74, 6) is -0.882. The lowest BCUT2D eigenvalue weighted by Crippen LogP contribution is -2.13. The van der Waals surface area contributed by atoms with E-state index in [-0.39, 0.29) is 29.2 Å². The van der Waals surface area contributed by atoms with Gasteiger partial charge in [-0.05, 0) is 53.2 Å². The van der Waals surface area contributed by atoms with Crippen LogP contribution in [0.3, 0.4) is 0 Å². The Bertz CT molecular complexity index is 1290. The zero-order valence-corrected chi connectivity index (χ0v) is 19.8. The van der Waals surface area contributed by atoms with Gasteiger partial charge in [0, 0.05) is 24.1 Å². The van der Waals surface area contributed by atoms with Gasteiger partial charge in [-0.2, -0.15) is 4.99 Å². The minimum atomic E-state index is -0.358. The molecule has 1 atom stereocenters. The number of rotatable bonds is 6. The molecule has 0 saturated carbocycles. The van der Waals surface area contributed by atoms with Gasteiger partial charge in [0.1, 0.15) is 5.82 Å². The van der Waals surface area contributed by atoms with Crippen molar-refractivity contribution in [1.29, 1.82) is 5.41 Å². The van der Waals surface area contributed by atoms with Gasteiger partial charge >= 0.3 is 0 Å². The van der Waals surface area contributed by atoms with E-state index >= 15 is 0 Å². The fraction of sp³-hybridized carbons (Fsp3) is 0.154. The standard InChI is InChI=1S/C24H20FN5OS.C2H6/c25-19-9-6-17(7-10-19)23-21-11-8-18(13-30(21)15-28-23)20(16-4-2-1-3-5-16)12-22(31)29-24(27)32-14-26;1-2/h1-11,13-15,20,26H,12H2,(H2,27,29,31);1-2H3. The van der Waals surface area contributed by atoms with E-state index in [2.05, 4.69) is 9.98 Å². The molecule has 6 nitrogen and oxygen atoms in total. The van der Waals surface area contributed by atoms with Crippen molar-refractivity contribution in [3.05, 3.63) is 96.2 Å². The third-order valence-electron chi connectivity index (χ3n) is 5.07. The molecule has 0 fully saturated rings. The molecule has 0 aliphatic carbocycles. The van der Waals surface area contributed by atoms with E-state index in [1.165, 1.54) is 12.1 Å². The van der Waals surface area contributed by atoms with E-state index in [4.69, 9.17) is 11.1 Å². The van der Waals surface area contributed by atoms with Crippen molar-refractivity contribution in [2.45, 2.75) is 26.2 Å². The van der Waals surface area contributed by atoms with Crippen molar-refractivity contribution in [3.8, 4) is 11.3 Å². The van der Waals surface area contributed by atoms with Gasteiger partial charge in [0.25, 0.3) is 0 Å². The molecule has 174 valence electrons. The zero-order chi connectivity index (χ0) is 24.5. The van der Waals surface area contributed by atoms with Gasteiger partial charge in [-0.1, -0.05) is 50.2 Å². The summed E-state index contributed by atoms with van der Waals surface area (Å²) >= 11 is 0.894. The molecule has 0 spiro atoms. The molecule has 4 rings (SSSR count). The predicted octanol–water partition coefficient (Wildman–Crippen LogP) is 5.87. The average Bonchev–Trinajstić information content (AvgIpc) is 3.28. The molecule has 4 aromatic rings. The van der Waals surface area contributed by atoms with Crippen LogP contribution in [0.5, 0.6) is 0 Å². The highest BCUT2D eigenvalue weighted by atomic mass is 32.2. The Balaban J connectivity index is 0.00000158. The zero-order valence-electron chi connectivity index (χ0n) is 19.0. The molecular weight excluding hydrogens is 449 g/mol. The summed E-state index contributed by atoms with van der Waals surface area (Å²) in [4.78, 5) is 20.9. The molecule has 0 radical (unpaired) electrons. The number of amidine groups is 1. The molecule has 3 N–H and O–H groups in total. The number of halogens is 1. The van der Waals surface area contributed by atoms with Crippen LogP contribution >= 0.6 is 11.8 Å². The highest BCUT2D eigenvalue weighted by Gasteiger charge is 2.20. The van der Waals surface area contributed by atoms with Crippen LogP contribution in [0.25, 0.3) is 16.8 Å². The van der Waals surface area contributed by atoms with E-state index < -0.39 is 0 Å². The summed E-state index contributed by atoms with van der Waals surface area (Å²) in [6.45, 7) is 4.00. The SMILES string of the molecule is CC.N=CSC(N)=NC(=O)CC(c1ccccc1)c1ccc2c(-c3ccc(F)cc3)ncn2c1. The van der Waals surface area contributed by atoms with E-state index in [9.17, 15) is 9.18 Å². The molecule has 2 aromatic carbocycles. The number of carbonyl (C=O) groups excluding carboxylic acids is 1. The number of aliphatic imine (C=N–C) groups is 1. The normalized spacial score (nSPS) is 12.0. The third-order valence-corrected chi connectivity index (χ3v) is 5.52. The first-order chi connectivity index (χ1) is 16.5. The summed E-state index contributed by atoms with van der Waals surface area (Å²) in [5, 5.41) is 7.12. The number of pyridine rings is 1. The van der Waals surface area contributed by atoms with Gasteiger partial charge in [-0.3, -0.25) is 4.79 Å². The maximum absolute atomic E-state index is 13.3. The molecule has 0 aliphatic rings. The van der Waals surface area contributed by atoms with Crippen molar-refractivity contribution in [3.63, 3.8) is 0 Å². The second kappa shape index (κ2) is 11.9. The monoisotopic (exact) mass is 475 g/mol. The first kappa shape index (κ1) is 24.9. The Hall–Kier alpha value is -3.78. The van der Waals surface area contributed by atoms with Gasteiger partial charge in [-0.15, -0.1) is 0 Å². The van der Waals surface area contributed by atoms with Crippen molar-refractivity contribution in [2.75, 3.05) is 0 Å². The lowest BCUT2D eigenvalue weighted by atomic mass is 9.89. The molecule has 8 heteroatoms. The average molecular weight is 476 g/mol. The number of carbonyl (C=O) groups is 1. The van der Waals surface area contributed by atoms with Crippen LogP contribution in [0.4, 0.5) is 4.39 Å². The quantitative estimate of drug-likeness (QED) is 0.269. The molecule has 0 saturated heterocycles. The van der Waals surface area contributed by atoms with Crippen LogP contribution in [0.1, 0.15) is 37.3 Å². The minimum absolute atomic E-state index is 0.0470. The second-order valence-electron chi connectivity index (χ2n) is 7.10. The topological polar surface area (TPSA) is 96.6 Å². The van der Waals surface area contributed by atoms with Crippen LogP contribution in [0.15, 0.2) is 84.2 Å². The van der Waals surface area contributed by atoms with E-state index in [1.807, 2.05) is 66.9 Å². The fourth-order valence-corrected chi connectivity index (χ4v) is 3.87. The van der Waals surface area contributed by atoms with Gasteiger partial charge in [0.2, 0.25) is 5.91 Å². The van der Waals surface area contributed by atoms with Gasteiger partial charge in [-0.25, -0.2) is 9.37 Å². The summed E-state index contributed by atoms with van der Waals surface area (Å²) in [6, 6.07) is 19.9. The molecule has 1 unspecified atom stereocenters. The van der Waals surface area contributed by atoms with Crippen molar-refractivity contribution < 1.29 is 9.18 Å². The summed E-state index contributed by atoms with van der Waals surface area (Å²) < 4.78 is 15.2. The first-order valence-electron chi connectivity index (χ1n) is 10.8. The summed E-state index contributed by atoms with van der Waals surface area (Å²) in [6.07, 6.45) is 3.78. The Morgan fingerprint density at radius 3 is 2.50 bits per heavy atom. The largest absolute Gasteiger partial charge is 0.378 e. The maximum Gasteiger partial charge on any atom is 0.249 e. The Morgan fingerprint density at radius 1 is 1.12 bits per heavy atom. The molecule has 1 amide bonds. The molecule has 34 heavy (non-hydrogen) atoms. The van der Waals surface area contributed by atoms with Crippen LogP contribution in [-0.4, -0.2) is 26.0 Å². The van der Waals surface area contributed by atoms with Crippen LogP contribution in [0, 0.1) is 11.2 Å². The van der Waals surface area contributed by atoms with E-state index in [0.29, 0.717) is 0 Å². The number of aromatic nitrogens is 2. The van der Waals surface area contributed by atoms with Gasteiger partial charge in [0.15, 0.2) is 5.17 Å². The van der Waals surface area contributed by atoms with Crippen molar-refractivity contribution in [2.24, 2.45) is 10.7 Å².